The number of hydrogen-bond acceptors (Lipinski definition) is 3. The number of hydrogen-bond donors (Lipinski definition) is 2. The molecule has 1 unspecified atom stereocenters. The van der Waals surface area contributed by atoms with E-state index >= 15 is 0 Å². The Balaban J connectivity index is 2.22. The summed E-state index contributed by atoms with van der Waals surface area (Å²) in [6.07, 6.45) is 2.95. The van der Waals surface area contributed by atoms with Crippen LogP contribution >= 0.6 is 0 Å². The molecule has 0 amide bonds. The minimum absolute atomic E-state index is 0.264. The van der Waals surface area contributed by atoms with Crippen molar-refractivity contribution >= 4 is 17.0 Å². The zero-order valence-electron chi connectivity index (χ0n) is 10.2. The van der Waals surface area contributed by atoms with Gasteiger partial charge in [-0.05, 0) is 38.0 Å². The van der Waals surface area contributed by atoms with Crippen LogP contribution in [0.2, 0.25) is 0 Å². The molecule has 96 valence electrons. The number of imidazole rings is 1. The fraction of sp³-hybridized carbons (Fsp3) is 0.385. The molecule has 18 heavy (non-hydrogen) atoms. The third-order valence-electron chi connectivity index (χ3n) is 2.89. The molecule has 0 aliphatic carbocycles. The Kier molecular flexibility index (Phi) is 3.62. The third kappa shape index (κ3) is 2.68. The van der Waals surface area contributed by atoms with Gasteiger partial charge in [-0.25, -0.2) is 9.78 Å². The number of rotatable bonds is 5. The zero-order chi connectivity index (χ0) is 13.1. The average Bonchev–Trinajstić information content (AvgIpc) is 2.71. The number of carbonyl (C=O) groups is 1. The second kappa shape index (κ2) is 5.18. The Hall–Kier alpha value is -1.88. The van der Waals surface area contributed by atoms with Gasteiger partial charge in [0.15, 0.2) is 0 Å². The van der Waals surface area contributed by atoms with E-state index in [4.69, 9.17) is 5.11 Å². The highest BCUT2D eigenvalue weighted by Crippen LogP contribution is 2.16. The SMILES string of the molecule is CC(O)CCCn1cnc2ccc(C(=O)O)cc21. The molecule has 1 heterocycles. The molecule has 0 fully saturated rings. The van der Waals surface area contributed by atoms with Crippen LogP contribution in [0, 0.1) is 0 Å². The summed E-state index contributed by atoms with van der Waals surface area (Å²) in [4.78, 5) is 15.1. The summed E-state index contributed by atoms with van der Waals surface area (Å²) in [7, 11) is 0. The van der Waals surface area contributed by atoms with E-state index in [2.05, 4.69) is 4.98 Å². The van der Waals surface area contributed by atoms with Crippen molar-refractivity contribution in [2.45, 2.75) is 32.4 Å². The van der Waals surface area contributed by atoms with Crippen LogP contribution < -0.4 is 0 Å². The summed E-state index contributed by atoms with van der Waals surface area (Å²) in [6, 6.07) is 4.90. The maximum absolute atomic E-state index is 10.9. The van der Waals surface area contributed by atoms with Crippen LogP contribution in [-0.4, -0.2) is 31.8 Å². The van der Waals surface area contributed by atoms with Crippen LogP contribution in [0.3, 0.4) is 0 Å². The molecule has 5 heteroatoms. The fourth-order valence-corrected chi connectivity index (χ4v) is 1.93. The van der Waals surface area contributed by atoms with Crippen LogP contribution in [0.25, 0.3) is 11.0 Å². The number of aryl methyl sites for hydroxylation is 1. The lowest BCUT2D eigenvalue weighted by Gasteiger charge is -2.06. The van der Waals surface area contributed by atoms with E-state index in [1.54, 1.807) is 31.5 Å². The van der Waals surface area contributed by atoms with Crippen molar-refractivity contribution in [2.75, 3.05) is 0 Å². The molecule has 1 aromatic heterocycles. The first-order valence-electron chi connectivity index (χ1n) is 5.94. The molecule has 0 aliphatic rings. The average molecular weight is 248 g/mol. The van der Waals surface area contributed by atoms with E-state index in [0.717, 1.165) is 30.4 Å². The van der Waals surface area contributed by atoms with Crippen molar-refractivity contribution in [1.82, 2.24) is 9.55 Å². The summed E-state index contributed by atoms with van der Waals surface area (Å²) >= 11 is 0. The van der Waals surface area contributed by atoms with E-state index < -0.39 is 5.97 Å². The number of aliphatic hydroxyl groups excluding tert-OH is 1. The Morgan fingerprint density at radius 3 is 2.94 bits per heavy atom. The van der Waals surface area contributed by atoms with E-state index in [0.29, 0.717) is 0 Å². The number of fused-ring (bicyclic) bond motifs is 1. The smallest absolute Gasteiger partial charge is 0.335 e. The van der Waals surface area contributed by atoms with Crippen LogP contribution in [0.4, 0.5) is 0 Å². The molecule has 0 spiro atoms. The van der Waals surface area contributed by atoms with Crippen molar-refractivity contribution < 1.29 is 15.0 Å². The van der Waals surface area contributed by atoms with Gasteiger partial charge >= 0.3 is 5.97 Å². The Bertz CT molecular complexity index is 560. The van der Waals surface area contributed by atoms with Gasteiger partial charge in [0, 0.05) is 6.54 Å². The topological polar surface area (TPSA) is 75.3 Å². The maximum Gasteiger partial charge on any atom is 0.335 e. The summed E-state index contributed by atoms with van der Waals surface area (Å²) in [5, 5.41) is 18.2. The minimum atomic E-state index is -0.936. The molecule has 0 bridgehead atoms. The van der Waals surface area contributed by atoms with Crippen LogP contribution in [0.5, 0.6) is 0 Å². The second-order valence-electron chi connectivity index (χ2n) is 4.44. The third-order valence-corrected chi connectivity index (χ3v) is 2.89. The molecule has 1 atom stereocenters. The van der Waals surface area contributed by atoms with Crippen molar-refractivity contribution in [3.05, 3.63) is 30.1 Å². The van der Waals surface area contributed by atoms with Gasteiger partial charge in [-0.2, -0.15) is 0 Å². The predicted octanol–water partition coefficient (Wildman–Crippen LogP) is 1.90. The van der Waals surface area contributed by atoms with Crippen LogP contribution in [-0.2, 0) is 6.54 Å². The largest absolute Gasteiger partial charge is 0.478 e. The number of nitrogens with zero attached hydrogens (tertiary/aromatic N) is 2. The van der Waals surface area contributed by atoms with E-state index in [1.807, 2.05) is 4.57 Å². The Labute approximate surface area is 105 Å². The predicted molar refractivity (Wildman–Crippen MR) is 67.6 cm³/mol. The molecule has 0 saturated heterocycles. The minimum Gasteiger partial charge on any atom is -0.478 e. The van der Waals surface area contributed by atoms with Crippen molar-refractivity contribution in [1.29, 1.82) is 0 Å². The quantitative estimate of drug-likeness (QED) is 0.847. The molecule has 0 saturated carbocycles. The van der Waals surface area contributed by atoms with E-state index in [-0.39, 0.29) is 11.7 Å². The monoisotopic (exact) mass is 248 g/mol. The molecule has 1 aromatic carbocycles. The lowest BCUT2D eigenvalue weighted by molar-refractivity contribution is 0.0697. The maximum atomic E-state index is 10.9. The van der Waals surface area contributed by atoms with Crippen molar-refractivity contribution in [3.8, 4) is 0 Å². The van der Waals surface area contributed by atoms with E-state index in [9.17, 15) is 9.90 Å². The van der Waals surface area contributed by atoms with Crippen molar-refractivity contribution in [2.24, 2.45) is 0 Å². The summed E-state index contributed by atoms with van der Waals surface area (Å²) < 4.78 is 1.92. The standard InChI is InChI=1S/C13H16N2O3/c1-9(16)3-2-6-15-8-14-11-5-4-10(13(17)18)7-12(11)15/h4-5,7-9,16H,2-3,6H2,1H3,(H,17,18). The second-order valence-corrected chi connectivity index (χ2v) is 4.44. The van der Waals surface area contributed by atoms with Crippen molar-refractivity contribution in [3.63, 3.8) is 0 Å². The van der Waals surface area contributed by atoms with Gasteiger partial charge in [0.1, 0.15) is 0 Å². The Morgan fingerprint density at radius 2 is 2.28 bits per heavy atom. The van der Waals surface area contributed by atoms with E-state index in [1.165, 1.54) is 0 Å². The highest BCUT2D eigenvalue weighted by atomic mass is 16.4. The number of aliphatic hydroxyl groups is 1. The molecule has 2 aromatic rings. The van der Waals surface area contributed by atoms with Gasteiger partial charge in [-0.15, -0.1) is 0 Å². The first-order chi connectivity index (χ1) is 8.58. The first-order valence-corrected chi connectivity index (χ1v) is 5.94. The molecule has 0 radical (unpaired) electrons. The molecule has 2 rings (SSSR count). The zero-order valence-corrected chi connectivity index (χ0v) is 10.2. The number of carboxylic acid groups (broad SMARTS) is 1. The molecule has 0 aliphatic heterocycles. The number of benzene rings is 1. The Morgan fingerprint density at radius 1 is 1.50 bits per heavy atom. The van der Waals surface area contributed by atoms with Gasteiger partial charge < -0.3 is 14.8 Å². The van der Waals surface area contributed by atoms with Gasteiger partial charge in [-0.1, -0.05) is 0 Å². The van der Waals surface area contributed by atoms with Crippen LogP contribution in [0.1, 0.15) is 30.1 Å². The fourth-order valence-electron chi connectivity index (χ4n) is 1.93. The van der Waals surface area contributed by atoms with Gasteiger partial charge in [0.2, 0.25) is 0 Å². The highest BCUT2D eigenvalue weighted by Gasteiger charge is 2.08. The molecular weight excluding hydrogens is 232 g/mol. The molecule has 5 nitrogen and oxygen atoms in total. The lowest BCUT2D eigenvalue weighted by Crippen LogP contribution is -2.03. The number of carboxylic acids is 1. The first kappa shape index (κ1) is 12.6. The molecule has 2 N–H and O–H groups in total. The summed E-state index contributed by atoms with van der Waals surface area (Å²) in [5.74, 6) is -0.936. The normalized spacial score (nSPS) is 12.8. The summed E-state index contributed by atoms with van der Waals surface area (Å²) in [6.45, 7) is 2.49. The number of aromatic carboxylic acids is 1. The van der Waals surface area contributed by atoms with Gasteiger partial charge in [0.25, 0.3) is 0 Å². The lowest BCUT2D eigenvalue weighted by atomic mass is 10.2. The van der Waals surface area contributed by atoms with Gasteiger partial charge in [0.05, 0.1) is 29.0 Å². The molecular formula is C13H16N2O3. The van der Waals surface area contributed by atoms with Crippen LogP contribution in [0.15, 0.2) is 24.5 Å². The summed E-state index contributed by atoms with van der Waals surface area (Å²) in [5.41, 5.74) is 1.87. The van der Waals surface area contributed by atoms with Gasteiger partial charge in [-0.3, -0.25) is 0 Å². The number of aromatic nitrogens is 2. The highest BCUT2D eigenvalue weighted by molar-refractivity contribution is 5.92.